The predicted octanol–water partition coefficient (Wildman–Crippen LogP) is 1.59. The first-order valence-corrected chi connectivity index (χ1v) is 8.11. The number of rotatable bonds is 4. The fourth-order valence-corrected chi connectivity index (χ4v) is 3.42. The Bertz CT molecular complexity index is 1050. The van der Waals surface area contributed by atoms with E-state index in [-0.39, 0.29) is 5.56 Å². The van der Waals surface area contributed by atoms with Gasteiger partial charge < -0.3 is 10.7 Å². The van der Waals surface area contributed by atoms with E-state index >= 15 is 0 Å². The van der Waals surface area contributed by atoms with Gasteiger partial charge in [0.2, 0.25) is 4.96 Å². The molecule has 3 heterocycles. The van der Waals surface area contributed by atoms with Crippen molar-refractivity contribution in [3.8, 4) is 11.3 Å². The number of aromatic nitrogens is 5. The smallest absolute Gasteiger partial charge is 0.302 e. The van der Waals surface area contributed by atoms with Crippen molar-refractivity contribution in [2.45, 2.75) is 12.8 Å². The van der Waals surface area contributed by atoms with E-state index in [9.17, 15) is 4.79 Å². The Kier molecular flexibility index (Phi) is 3.40. The lowest BCUT2D eigenvalue weighted by Gasteiger charge is -1.97. The maximum atomic E-state index is 12.7. The summed E-state index contributed by atoms with van der Waals surface area (Å²) in [7, 11) is 0. The van der Waals surface area contributed by atoms with Gasteiger partial charge in [0.05, 0.1) is 0 Å². The van der Waals surface area contributed by atoms with E-state index in [1.54, 1.807) is 6.20 Å². The molecular formula is C15H14N6OS. The van der Waals surface area contributed by atoms with Gasteiger partial charge in [0.1, 0.15) is 5.01 Å². The van der Waals surface area contributed by atoms with Gasteiger partial charge in [-0.05, 0) is 19.0 Å². The molecule has 0 aliphatic carbocycles. The van der Waals surface area contributed by atoms with E-state index in [1.165, 1.54) is 15.9 Å². The third-order valence-electron chi connectivity index (χ3n) is 3.67. The Labute approximate surface area is 134 Å². The molecule has 23 heavy (non-hydrogen) atoms. The zero-order valence-electron chi connectivity index (χ0n) is 12.2. The molecule has 0 spiro atoms. The van der Waals surface area contributed by atoms with Crippen molar-refractivity contribution in [1.82, 2.24) is 24.8 Å². The van der Waals surface area contributed by atoms with E-state index in [4.69, 9.17) is 5.73 Å². The van der Waals surface area contributed by atoms with Gasteiger partial charge in [-0.1, -0.05) is 29.5 Å². The summed E-state index contributed by atoms with van der Waals surface area (Å²) in [6, 6.07) is 7.77. The van der Waals surface area contributed by atoms with E-state index in [0.717, 1.165) is 34.3 Å². The molecule has 0 aliphatic rings. The molecule has 1 aromatic carbocycles. The van der Waals surface area contributed by atoms with Crippen LogP contribution >= 0.6 is 11.3 Å². The van der Waals surface area contributed by atoms with Crippen LogP contribution < -0.4 is 11.3 Å². The Morgan fingerprint density at radius 2 is 2.13 bits per heavy atom. The Morgan fingerprint density at radius 1 is 1.26 bits per heavy atom. The molecule has 8 heteroatoms. The summed E-state index contributed by atoms with van der Waals surface area (Å²) in [5, 5.41) is 14.4. The molecule has 0 saturated heterocycles. The highest BCUT2D eigenvalue weighted by Gasteiger charge is 2.16. The van der Waals surface area contributed by atoms with Crippen LogP contribution in [0, 0.1) is 0 Å². The number of nitrogens with one attached hydrogen (secondary N) is 1. The monoisotopic (exact) mass is 326 g/mol. The van der Waals surface area contributed by atoms with Crippen LogP contribution in [0.25, 0.3) is 27.1 Å². The van der Waals surface area contributed by atoms with Crippen LogP contribution in [0.5, 0.6) is 0 Å². The fraction of sp³-hybridized carbons (Fsp3) is 0.200. The Morgan fingerprint density at radius 3 is 3.00 bits per heavy atom. The van der Waals surface area contributed by atoms with Gasteiger partial charge in [-0.2, -0.15) is 9.61 Å². The first-order chi connectivity index (χ1) is 11.3. The van der Waals surface area contributed by atoms with Crippen LogP contribution in [0.2, 0.25) is 0 Å². The average Bonchev–Trinajstić information content (AvgIpc) is 3.18. The minimum Gasteiger partial charge on any atom is -0.360 e. The van der Waals surface area contributed by atoms with Crippen LogP contribution in [0.1, 0.15) is 11.4 Å². The lowest BCUT2D eigenvalue weighted by Crippen LogP contribution is -2.19. The summed E-state index contributed by atoms with van der Waals surface area (Å²) in [6.07, 6.45) is 3.36. The van der Waals surface area contributed by atoms with Gasteiger partial charge in [0.25, 0.3) is 0 Å². The average molecular weight is 326 g/mol. The normalized spacial score (nSPS) is 11.5. The summed E-state index contributed by atoms with van der Waals surface area (Å²) in [5.74, 6) is 0. The third-order valence-corrected chi connectivity index (χ3v) is 4.63. The molecule has 0 unspecified atom stereocenters. The zero-order chi connectivity index (χ0) is 15.8. The minimum absolute atomic E-state index is 0.255. The maximum Gasteiger partial charge on any atom is 0.302 e. The molecule has 0 aliphatic heterocycles. The Hall–Kier alpha value is -2.58. The number of para-hydroxylation sites is 1. The number of nitrogens with zero attached hydrogens (tertiary/aromatic N) is 4. The van der Waals surface area contributed by atoms with Crippen LogP contribution in [0.4, 0.5) is 0 Å². The van der Waals surface area contributed by atoms with Crippen LogP contribution in [0.15, 0.2) is 35.3 Å². The fourth-order valence-electron chi connectivity index (χ4n) is 2.55. The lowest BCUT2D eigenvalue weighted by molar-refractivity contribution is 0.780. The SMILES string of the molecule is NCCCc1nn2c(=O)c(-c3c[nH]c4ccccc34)nnc2s1. The van der Waals surface area contributed by atoms with Crippen LogP contribution in [-0.2, 0) is 6.42 Å². The second-order valence-electron chi connectivity index (χ2n) is 5.18. The summed E-state index contributed by atoms with van der Waals surface area (Å²) in [4.78, 5) is 16.4. The van der Waals surface area contributed by atoms with E-state index < -0.39 is 0 Å². The number of aromatic amines is 1. The van der Waals surface area contributed by atoms with Crippen molar-refractivity contribution in [1.29, 1.82) is 0 Å². The van der Waals surface area contributed by atoms with Gasteiger partial charge in [-0.3, -0.25) is 4.79 Å². The first kappa shape index (κ1) is 14.0. The lowest BCUT2D eigenvalue weighted by atomic mass is 10.1. The highest BCUT2D eigenvalue weighted by atomic mass is 32.1. The van der Waals surface area contributed by atoms with E-state index in [1.807, 2.05) is 24.3 Å². The Balaban J connectivity index is 1.88. The topological polar surface area (TPSA) is 102 Å². The van der Waals surface area contributed by atoms with Crippen LogP contribution in [0.3, 0.4) is 0 Å². The molecule has 0 atom stereocenters. The molecule has 4 rings (SSSR count). The van der Waals surface area contributed by atoms with Crippen molar-refractivity contribution in [2.75, 3.05) is 6.54 Å². The number of H-pyrrole nitrogens is 1. The number of fused-ring (bicyclic) bond motifs is 2. The van der Waals surface area contributed by atoms with Gasteiger partial charge in [0.15, 0.2) is 5.69 Å². The van der Waals surface area contributed by atoms with Gasteiger partial charge in [-0.25, -0.2) is 0 Å². The third kappa shape index (κ3) is 2.32. The molecule has 4 aromatic rings. The molecule has 0 fully saturated rings. The van der Waals surface area contributed by atoms with E-state index in [2.05, 4.69) is 20.3 Å². The predicted molar refractivity (Wildman–Crippen MR) is 89.6 cm³/mol. The highest BCUT2D eigenvalue weighted by Crippen LogP contribution is 2.25. The van der Waals surface area contributed by atoms with Crippen molar-refractivity contribution >= 4 is 27.2 Å². The molecule has 0 bridgehead atoms. The minimum atomic E-state index is -0.255. The molecule has 3 aromatic heterocycles. The number of aryl methyl sites for hydroxylation is 1. The summed E-state index contributed by atoms with van der Waals surface area (Å²) in [5.41, 5.74) is 7.26. The van der Waals surface area contributed by atoms with Gasteiger partial charge in [-0.15, -0.1) is 10.2 Å². The second-order valence-corrected chi connectivity index (χ2v) is 6.22. The van der Waals surface area contributed by atoms with Crippen molar-refractivity contribution in [3.05, 3.63) is 45.8 Å². The van der Waals surface area contributed by atoms with Crippen LogP contribution in [-0.4, -0.2) is 31.3 Å². The molecule has 0 amide bonds. The molecule has 116 valence electrons. The standard InChI is InChI=1S/C15H14N6OS/c16-7-3-6-12-20-21-14(22)13(18-19-15(21)23-12)10-8-17-11-5-2-1-4-9(10)11/h1-2,4-5,8,17H,3,6-7,16H2. The van der Waals surface area contributed by atoms with Gasteiger partial charge in [0, 0.05) is 29.1 Å². The van der Waals surface area contributed by atoms with Gasteiger partial charge >= 0.3 is 5.56 Å². The number of hydrogen-bond acceptors (Lipinski definition) is 6. The zero-order valence-corrected chi connectivity index (χ0v) is 13.0. The van der Waals surface area contributed by atoms with Crippen molar-refractivity contribution in [2.24, 2.45) is 5.73 Å². The molecule has 7 nitrogen and oxygen atoms in total. The summed E-state index contributed by atoms with van der Waals surface area (Å²) in [6.45, 7) is 0.594. The highest BCUT2D eigenvalue weighted by molar-refractivity contribution is 7.16. The van der Waals surface area contributed by atoms with Crippen molar-refractivity contribution < 1.29 is 0 Å². The quantitative estimate of drug-likeness (QED) is 0.593. The number of nitrogens with two attached hydrogens (primary N) is 1. The summed E-state index contributed by atoms with van der Waals surface area (Å²) < 4.78 is 1.33. The molecule has 0 saturated carbocycles. The number of benzene rings is 1. The summed E-state index contributed by atoms with van der Waals surface area (Å²) >= 11 is 1.38. The maximum absolute atomic E-state index is 12.7. The first-order valence-electron chi connectivity index (χ1n) is 7.30. The molecule has 3 N–H and O–H groups in total. The molecular weight excluding hydrogens is 312 g/mol. The number of hydrogen-bond donors (Lipinski definition) is 2. The largest absolute Gasteiger partial charge is 0.360 e. The van der Waals surface area contributed by atoms with E-state index in [0.29, 0.717) is 17.2 Å². The van der Waals surface area contributed by atoms with Crippen molar-refractivity contribution in [3.63, 3.8) is 0 Å². The second kappa shape index (κ2) is 5.56. The molecule has 0 radical (unpaired) electrons.